The summed E-state index contributed by atoms with van der Waals surface area (Å²) in [6.45, 7) is 0. The zero-order chi connectivity index (χ0) is 31.3. The topological polar surface area (TPSA) is 18.1 Å². The van der Waals surface area contributed by atoms with Gasteiger partial charge in [-0.15, -0.1) is 0 Å². The molecule has 0 saturated carbocycles. The fourth-order valence-electron chi connectivity index (χ4n) is 8.36. The van der Waals surface area contributed by atoms with Gasteiger partial charge in [0.15, 0.2) is 5.58 Å². The second-order valence-corrected chi connectivity index (χ2v) is 12.8. The van der Waals surface area contributed by atoms with Gasteiger partial charge in [0, 0.05) is 38.0 Å². The van der Waals surface area contributed by atoms with Gasteiger partial charge in [0.05, 0.1) is 11.0 Å². The third kappa shape index (κ3) is 3.36. The summed E-state index contributed by atoms with van der Waals surface area (Å²) < 4.78 is 9.37. The molecular formula is C46H27NO. The molecule has 0 aliphatic carbocycles. The Morgan fingerprint density at radius 2 is 0.938 bits per heavy atom. The van der Waals surface area contributed by atoms with Gasteiger partial charge in [-0.2, -0.15) is 0 Å². The van der Waals surface area contributed by atoms with Crippen molar-refractivity contribution in [3.05, 3.63) is 164 Å². The fraction of sp³-hybridized carbons (Fsp3) is 0. The average Bonchev–Trinajstić information content (AvgIpc) is 3.71. The van der Waals surface area contributed by atoms with Gasteiger partial charge >= 0.3 is 0 Å². The highest BCUT2D eigenvalue weighted by atomic mass is 16.3. The number of rotatable bonds is 2. The zero-order valence-electron chi connectivity index (χ0n) is 25.9. The first kappa shape index (κ1) is 25.8. The quantitative estimate of drug-likeness (QED) is 0.178. The maximum absolute atomic E-state index is 6.95. The number of nitrogens with zero attached hydrogens (tertiary/aromatic N) is 1. The summed E-state index contributed by atoms with van der Waals surface area (Å²) in [6.07, 6.45) is 0. The first-order valence-electron chi connectivity index (χ1n) is 16.5. The van der Waals surface area contributed by atoms with E-state index in [-0.39, 0.29) is 0 Å². The first-order valence-corrected chi connectivity index (χ1v) is 16.5. The Labute approximate surface area is 275 Å². The highest BCUT2D eigenvalue weighted by Crippen LogP contribution is 2.50. The van der Waals surface area contributed by atoms with Crippen molar-refractivity contribution in [1.29, 1.82) is 0 Å². The summed E-state index contributed by atoms with van der Waals surface area (Å²) >= 11 is 0. The van der Waals surface area contributed by atoms with Gasteiger partial charge in [-0.3, -0.25) is 0 Å². The van der Waals surface area contributed by atoms with Crippen LogP contribution in [-0.4, -0.2) is 4.57 Å². The van der Waals surface area contributed by atoms with Crippen LogP contribution in [0.3, 0.4) is 0 Å². The van der Waals surface area contributed by atoms with E-state index in [4.69, 9.17) is 4.42 Å². The smallest absolute Gasteiger partial charge is 0.160 e. The van der Waals surface area contributed by atoms with Crippen LogP contribution in [0.15, 0.2) is 168 Å². The van der Waals surface area contributed by atoms with Crippen molar-refractivity contribution in [2.24, 2.45) is 0 Å². The van der Waals surface area contributed by atoms with Crippen molar-refractivity contribution in [3.8, 4) is 16.8 Å². The molecule has 0 unspecified atom stereocenters. The van der Waals surface area contributed by atoms with Gasteiger partial charge in [0.2, 0.25) is 0 Å². The number of hydrogen-bond acceptors (Lipinski definition) is 1. The molecule has 0 amide bonds. The molecule has 0 spiro atoms. The molecule has 0 aliphatic rings. The van der Waals surface area contributed by atoms with Gasteiger partial charge in [-0.05, 0) is 67.7 Å². The molecule has 0 aliphatic heterocycles. The SMILES string of the molecule is c1ccc2c(-c3ccc(-n4c5ccccc5c5c6c7ccccc7c7ccccc7c6c6c7ccccc7oc6c54)cc3)cccc2c1. The first-order chi connectivity index (χ1) is 23.8. The van der Waals surface area contributed by atoms with E-state index in [0.717, 1.165) is 33.3 Å². The number of para-hydroxylation sites is 2. The molecule has 2 aromatic heterocycles. The van der Waals surface area contributed by atoms with E-state index in [0.29, 0.717) is 0 Å². The van der Waals surface area contributed by atoms with E-state index in [1.54, 1.807) is 0 Å². The van der Waals surface area contributed by atoms with Crippen molar-refractivity contribution in [2.75, 3.05) is 0 Å². The van der Waals surface area contributed by atoms with E-state index in [2.05, 4.69) is 168 Å². The number of benzene rings is 9. The highest BCUT2D eigenvalue weighted by molar-refractivity contribution is 6.44. The Bertz CT molecular complexity index is 3100. The van der Waals surface area contributed by atoms with Crippen LogP contribution < -0.4 is 0 Å². The molecule has 0 saturated heterocycles. The lowest BCUT2D eigenvalue weighted by atomic mass is 9.89. The van der Waals surface area contributed by atoms with Crippen LogP contribution in [0.2, 0.25) is 0 Å². The average molecular weight is 610 g/mol. The molecule has 0 bridgehead atoms. The Balaban J connectivity index is 1.34. The molecule has 2 heterocycles. The highest BCUT2D eigenvalue weighted by Gasteiger charge is 2.25. The maximum atomic E-state index is 6.95. The molecular weight excluding hydrogens is 583 g/mol. The molecule has 9 aromatic carbocycles. The minimum Gasteiger partial charge on any atom is -0.454 e. The fourth-order valence-corrected chi connectivity index (χ4v) is 8.36. The molecule has 11 aromatic rings. The van der Waals surface area contributed by atoms with Crippen LogP contribution >= 0.6 is 0 Å². The van der Waals surface area contributed by atoms with Crippen LogP contribution in [0.1, 0.15) is 0 Å². The lowest BCUT2D eigenvalue weighted by Gasteiger charge is -2.14. The number of furan rings is 1. The lowest BCUT2D eigenvalue weighted by molar-refractivity contribution is 0.671. The number of aromatic nitrogens is 1. The third-order valence-electron chi connectivity index (χ3n) is 10.3. The minimum atomic E-state index is 0.904. The van der Waals surface area contributed by atoms with Gasteiger partial charge in [0.1, 0.15) is 5.58 Å². The van der Waals surface area contributed by atoms with Crippen molar-refractivity contribution in [2.45, 2.75) is 0 Å². The Morgan fingerprint density at radius 3 is 1.69 bits per heavy atom. The van der Waals surface area contributed by atoms with Gasteiger partial charge in [-0.1, -0.05) is 140 Å². The molecule has 11 rings (SSSR count). The molecule has 0 fully saturated rings. The van der Waals surface area contributed by atoms with Crippen molar-refractivity contribution >= 4 is 86.8 Å². The van der Waals surface area contributed by atoms with Crippen LogP contribution in [0.25, 0.3) is 104 Å². The zero-order valence-corrected chi connectivity index (χ0v) is 25.9. The van der Waals surface area contributed by atoms with E-state index in [9.17, 15) is 0 Å². The van der Waals surface area contributed by atoms with E-state index in [1.165, 1.54) is 70.4 Å². The molecule has 0 N–H and O–H groups in total. The van der Waals surface area contributed by atoms with Crippen LogP contribution in [-0.2, 0) is 0 Å². The standard InChI is InChI=1S/C46H27NO/c1-2-14-31-28(12-1)13-11-21-32(31)29-24-26-30(27-25-29)47-39-22-9-7-19-37(39)43-41-35-17-5-3-15-33(35)34-16-4-6-18-36(34)42(41)44-38-20-8-10-23-40(38)48-46(44)45(43)47/h1-27H. The molecule has 0 radical (unpaired) electrons. The predicted octanol–water partition coefficient (Wildman–Crippen LogP) is 13.0. The molecule has 222 valence electrons. The third-order valence-corrected chi connectivity index (χ3v) is 10.3. The Kier molecular flexibility index (Phi) is 5.14. The maximum Gasteiger partial charge on any atom is 0.160 e. The van der Waals surface area contributed by atoms with E-state index in [1.807, 2.05) is 0 Å². The number of hydrogen-bond donors (Lipinski definition) is 0. The summed E-state index contributed by atoms with van der Waals surface area (Å²) in [7, 11) is 0. The Morgan fingerprint density at radius 1 is 0.375 bits per heavy atom. The summed E-state index contributed by atoms with van der Waals surface area (Å²) in [6, 6.07) is 59.3. The van der Waals surface area contributed by atoms with E-state index >= 15 is 0 Å². The monoisotopic (exact) mass is 609 g/mol. The van der Waals surface area contributed by atoms with Gasteiger partial charge in [0.25, 0.3) is 0 Å². The summed E-state index contributed by atoms with van der Waals surface area (Å²) in [5, 5.41) is 14.9. The van der Waals surface area contributed by atoms with Gasteiger partial charge < -0.3 is 8.98 Å². The Hall–Kier alpha value is -6.38. The van der Waals surface area contributed by atoms with Crippen molar-refractivity contribution < 1.29 is 4.42 Å². The summed E-state index contributed by atoms with van der Waals surface area (Å²) in [5.41, 5.74) is 7.65. The second-order valence-electron chi connectivity index (χ2n) is 12.8. The predicted molar refractivity (Wildman–Crippen MR) is 204 cm³/mol. The van der Waals surface area contributed by atoms with Crippen LogP contribution in [0.5, 0.6) is 0 Å². The lowest BCUT2D eigenvalue weighted by Crippen LogP contribution is -1.95. The molecule has 0 atom stereocenters. The van der Waals surface area contributed by atoms with Crippen molar-refractivity contribution in [3.63, 3.8) is 0 Å². The van der Waals surface area contributed by atoms with Gasteiger partial charge in [-0.25, -0.2) is 0 Å². The van der Waals surface area contributed by atoms with Crippen LogP contribution in [0, 0.1) is 0 Å². The second kappa shape index (κ2) is 9.57. The molecule has 48 heavy (non-hydrogen) atoms. The van der Waals surface area contributed by atoms with E-state index < -0.39 is 0 Å². The molecule has 2 nitrogen and oxygen atoms in total. The normalized spacial score (nSPS) is 12.2. The van der Waals surface area contributed by atoms with Crippen LogP contribution in [0.4, 0.5) is 0 Å². The number of fused-ring (bicyclic) bond motifs is 16. The minimum absolute atomic E-state index is 0.904. The largest absolute Gasteiger partial charge is 0.454 e. The summed E-state index contributed by atoms with van der Waals surface area (Å²) in [4.78, 5) is 0. The summed E-state index contributed by atoms with van der Waals surface area (Å²) in [5.74, 6) is 0. The van der Waals surface area contributed by atoms with Crippen molar-refractivity contribution in [1.82, 2.24) is 4.57 Å². The molecule has 2 heteroatoms.